The van der Waals surface area contributed by atoms with E-state index in [9.17, 15) is 19.3 Å². The number of phenols is 2. The van der Waals surface area contributed by atoms with Gasteiger partial charge < -0.3 is 40.4 Å². The standard InChI is InChI=1S/C17H24N2O8P2/c1-10-3-14(18-8-28(22,23)24)6-12(16(10)20)5-13-7-15(4-11(2)17(13)21)19-9-29(25,26)27/h3-4,6-7,18-21H,5,8-9H2,1-2H3,(H2,22,23,24)(H2,25,26,27). The molecule has 0 radical (unpaired) electrons. The smallest absolute Gasteiger partial charge is 0.344 e. The lowest BCUT2D eigenvalue weighted by molar-refractivity contribution is 0.373. The first-order valence-electron chi connectivity index (χ1n) is 8.47. The number of aromatic hydroxyl groups is 2. The fourth-order valence-corrected chi connectivity index (χ4v) is 3.55. The second-order valence-electron chi connectivity index (χ2n) is 6.78. The van der Waals surface area contributed by atoms with Crippen LogP contribution in [0.2, 0.25) is 0 Å². The predicted molar refractivity (Wildman–Crippen MR) is 110 cm³/mol. The minimum atomic E-state index is -4.27. The van der Waals surface area contributed by atoms with Gasteiger partial charge in [-0.15, -0.1) is 0 Å². The molecule has 0 saturated heterocycles. The number of rotatable bonds is 8. The Bertz CT molecular complexity index is 920. The maximum atomic E-state index is 11.1. The molecule has 0 heterocycles. The molecule has 0 unspecified atom stereocenters. The van der Waals surface area contributed by atoms with Crippen molar-refractivity contribution < 1.29 is 38.9 Å². The molecule has 0 atom stereocenters. The second kappa shape index (κ2) is 8.75. The highest BCUT2D eigenvalue weighted by Gasteiger charge is 2.17. The van der Waals surface area contributed by atoms with Crippen molar-refractivity contribution >= 4 is 26.6 Å². The van der Waals surface area contributed by atoms with Gasteiger partial charge in [0.25, 0.3) is 0 Å². The molecule has 2 aromatic carbocycles. The maximum absolute atomic E-state index is 11.1. The summed E-state index contributed by atoms with van der Waals surface area (Å²) in [5.41, 5.74) is 2.54. The van der Waals surface area contributed by atoms with Gasteiger partial charge in [0.05, 0.1) is 0 Å². The lowest BCUT2D eigenvalue weighted by Gasteiger charge is -2.16. The number of anilines is 2. The highest BCUT2D eigenvalue weighted by atomic mass is 31.2. The van der Waals surface area contributed by atoms with E-state index in [4.69, 9.17) is 19.6 Å². The van der Waals surface area contributed by atoms with Crippen LogP contribution in [0.15, 0.2) is 24.3 Å². The van der Waals surface area contributed by atoms with E-state index in [1.165, 1.54) is 24.3 Å². The van der Waals surface area contributed by atoms with E-state index >= 15 is 0 Å². The monoisotopic (exact) mass is 446 g/mol. The molecule has 0 spiro atoms. The van der Waals surface area contributed by atoms with Gasteiger partial charge in [0.2, 0.25) is 0 Å². The SMILES string of the molecule is Cc1cc(NCP(=O)(O)O)cc(Cc2cc(NCP(=O)(O)O)cc(C)c2O)c1O. The van der Waals surface area contributed by atoms with Gasteiger partial charge in [0.15, 0.2) is 0 Å². The highest BCUT2D eigenvalue weighted by Crippen LogP contribution is 2.38. The van der Waals surface area contributed by atoms with E-state index in [1.807, 2.05) is 0 Å². The van der Waals surface area contributed by atoms with Crippen LogP contribution in [-0.4, -0.2) is 42.4 Å². The van der Waals surface area contributed by atoms with Gasteiger partial charge in [-0.1, -0.05) is 0 Å². The number of hydrogen-bond acceptors (Lipinski definition) is 6. The summed E-state index contributed by atoms with van der Waals surface area (Å²) in [6.45, 7) is 3.26. The number of phenolic OH excluding ortho intramolecular Hbond substituents is 2. The summed E-state index contributed by atoms with van der Waals surface area (Å²) < 4.78 is 22.1. The van der Waals surface area contributed by atoms with Crippen LogP contribution in [0.4, 0.5) is 11.4 Å². The van der Waals surface area contributed by atoms with Gasteiger partial charge in [-0.3, -0.25) is 9.13 Å². The van der Waals surface area contributed by atoms with Crippen molar-refractivity contribution in [3.05, 3.63) is 46.5 Å². The lowest BCUT2D eigenvalue weighted by atomic mass is 9.98. The van der Waals surface area contributed by atoms with Crippen molar-refractivity contribution in [1.29, 1.82) is 0 Å². The van der Waals surface area contributed by atoms with E-state index in [2.05, 4.69) is 10.6 Å². The minimum Gasteiger partial charge on any atom is -0.507 e. The third-order valence-corrected chi connectivity index (χ3v) is 5.26. The highest BCUT2D eigenvalue weighted by molar-refractivity contribution is 7.52. The van der Waals surface area contributed by atoms with Gasteiger partial charge >= 0.3 is 15.2 Å². The second-order valence-corrected chi connectivity index (χ2v) is 10.1. The third-order valence-electron chi connectivity index (χ3n) is 4.12. The van der Waals surface area contributed by atoms with Crippen molar-refractivity contribution in [2.75, 3.05) is 23.2 Å². The fraction of sp³-hybridized carbons (Fsp3) is 0.294. The summed E-state index contributed by atoms with van der Waals surface area (Å²) in [6, 6.07) is 6.11. The summed E-state index contributed by atoms with van der Waals surface area (Å²) in [7, 11) is -8.54. The van der Waals surface area contributed by atoms with Crippen LogP contribution in [0.25, 0.3) is 0 Å². The molecule has 8 N–H and O–H groups in total. The first-order valence-corrected chi connectivity index (χ1v) is 12.1. The molecule has 0 aromatic heterocycles. The molecule has 160 valence electrons. The largest absolute Gasteiger partial charge is 0.507 e. The summed E-state index contributed by atoms with van der Waals surface area (Å²) in [5, 5.41) is 26.0. The van der Waals surface area contributed by atoms with Gasteiger partial charge in [0, 0.05) is 28.9 Å². The lowest BCUT2D eigenvalue weighted by Crippen LogP contribution is -2.05. The number of benzene rings is 2. The Morgan fingerprint density at radius 1 is 0.724 bits per heavy atom. The molecule has 10 nitrogen and oxygen atoms in total. The molecule has 0 bridgehead atoms. The van der Waals surface area contributed by atoms with Crippen LogP contribution in [0, 0.1) is 13.8 Å². The average molecular weight is 446 g/mol. The van der Waals surface area contributed by atoms with Gasteiger partial charge in [-0.25, -0.2) is 0 Å². The minimum absolute atomic E-state index is 0.0302. The van der Waals surface area contributed by atoms with Gasteiger partial charge in [0.1, 0.15) is 24.1 Å². The molecule has 0 amide bonds. The summed E-state index contributed by atoms with van der Waals surface area (Å²) in [4.78, 5) is 36.1. The van der Waals surface area contributed by atoms with E-state index in [0.29, 0.717) is 33.6 Å². The Labute approximate surface area is 167 Å². The third kappa shape index (κ3) is 7.04. The maximum Gasteiger partial charge on any atom is 0.344 e. The normalized spacial score (nSPS) is 12.1. The molecule has 2 rings (SSSR count). The Kier molecular flexibility index (Phi) is 7.01. The van der Waals surface area contributed by atoms with E-state index in [-0.39, 0.29) is 17.9 Å². The topological polar surface area (TPSA) is 180 Å². The van der Waals surface area contributed by atoms with Crippen LogP contribution in [0.5, 0.6) is 11.5 Å². The zero-order valence-electron chi connectivity index (χ0n) is 15.8. The first kappa shape index (κ1) is 23.2. The van der Waals surface area contributed by atoms with Crippen molar-refractivity contribution in [3.8, 4) is 11.5 Å². The quantitative estimate of drug-likeness (QED) is 0.222. The summed E-state index contributed by atoms with van der Waals surface area (Å²) in [6.07, 6.45) is -1.05. The predicted octanol–water partition coefficient (Wildman–Crippen LogP) is 2.40. The summed E-state index contributed by atoms with van der Waals surface area (Å²) in [5.74, 6) is -0.0604. The number of hydrogen-bond donors (Lipinski definition) is 8. The van der Waals surface area contributed by atoms with Crippen molar-refractivity contribution in [2.45, 2.75) is 20.3 Å². The molecule has 29 heavy (non-hydrogen) atoms. The molecule has 0 fully saturated rings. The zero-order chi connectivity index (χ0) is 22.0. The Balaban J connectivity index is 2.34. The van der Waals surface area contributed by atoms with Crippen molar-refractivity contribution in [3.63, 3.8) is 0 Å². The molecular formula is C17H24N2O8P2. The molecule has 0 aliphatic carbocycles. The molecular weight excluding hydrogens is 422 g/mol. The molecule has 2 aromatic rings. The van der Waals surface area contributed by atoms with Crippen LogP contribution in [-0.2, 0) is 15.6 Å². The number of aryl methyl sites for hydroxylation is 2. The molecule has 0 aliphatic rings. The molecule has 0 aliphatic heterocycles. The number of nitrogens with one attached hydrogen (secondary N) is 2. The van der Waals surface area contributed by atoms with E-state index < -0.39 is 27.8 Å². The zero-order valence-corrected chi connectivity index (χ0v) is 17.6. The Morgan fingerprint density at radius 2 is 1.07 bits per heavy atom. The van der Waals surface area contributed by atoms with Crippen LogP contribution >= 0.6 is 15.2 Å². The average Bonchev–Trinajstić information content (AvgIpc) is 2.58. The first-order chi connectivity index (χ1) is 13.2. The van der Waals surface area contributed by atoms with Crippen LogP contribution < -0.4 is 10.6 Å². The Hall–Kier alpha value is -2.06. The summed E-state index contributed by atoms with van der Waals surface area (Å²) >= 11 is 0. The van der Waals surface area contributed by atoms with Crippen LogP contribution in [0.3, 0.4) is 0 Å². The molecule has 0 saturated carbocycles. The molecule has 12 heteroatoms. The van der Waals surface area contributed by atoms with Gasteiger partial charge in [-0.05, 0) is 49.2 Å². The van der Waals surface area contributed by atoms with Crippen LogP contribution in [0.1, 0.15) is 22.3 Å². The van der Waals surface area contributed by atoms with E-state index in [0.717, 1.165) is 0 Å². The van der Waals surface area contributed by atoms with Crippen molar-refractivity contribution in [2.24, 2.45) is 0 Å². The van der Waals surface area contributed by atoms with Gasteiger partial charge in [-0.2, -0.15) is 0 Å². The Morgan fingerprint density at radius 3 is 1.38 bits per heavy atom. The van der Waals surface area contributed by atoms with E-state index in [1.54, 1.807) is 13.8 Å². The fourth-order valence-electron chi connectivity index (χ4n) is 2.77. The van der Waals surface area contributed by atoms with Crippen molar-refractivity contribution in [1.82, 2.24) is 0 Å².